The van der Waals surface area contributed by atoms with Crippen molar-refractivity contribution in [2.75, 3.05) is 57.2 Å². The maximum Gasteiger partial charge on any atom is 0.328 e. The lowest BCUT2D eigenvalue weighted by molar-refractivity contribution is 0.251. The number of rotatable bonds is 9. The van der Waals surface area contributed by atoms with E-state index >= 15 is 0 Å². The van der Waals surface area contributed by atoms with E-state index in [4.69, 9.17) is 11.5 Å². The molecule has 0 aliphatic rings. The van der Waals surface area contributed by atoms with Crippen LogP contribution >= 0.6 is 0 Å². The molecule has 0 fully saturated rings. The molecule has 0 saturated carbocycles. The van der Waals surface area contributed by atoms with Crippen LogP contribution in [-0.4, -0.2) is 38.2 Å². The normalized spacial score (nSPS) is 10.8. The molecule has 0 saturated heterocycles. The molecule has 4 aromatic rings. The Kier molecular flexibility index (Phi) is 10.2. The molecule has 0 unspecified atom stereocenters. The predicted octanol–water partition coefficient (Wildman–Crippen LogP) is 8.08. The highest BCUT2D eigenvalue weighted by Crippen LogP contribution is 2.33. The lowest BCUT2D eigenvalue weighted by atomic mass is 9.95. The topological polar surface area (TPSA) is 99.1 Å². The number of carbonyl (C=O) groups excluding carboxylic acids is 2. The Balaban J connectivity index is 1.59. The van der Waals surface area contributed by atoms with Crippen LogP contribution in [0.1, 0.15) is 38.8 Å². The second kappa shape index (κ2) is 14.0. The van der Waals surface area contributed by atoms with Crippen molar-refractivity contribution < 1.29 is 9.59 Å². The number of benzene rings is 4. The fourth-order valence-electron chi connectivity index (χ4n) is 5.55. The molecule has 0 radical (unpaired) electrons. The quantitative estimate of drug-likeness (QED) is 0.192. The first kappa shape index (κ1) is 31.9. The third-order valence-electron chi connectivity index (χ3n) is 7.93. The van der Waals surface area contributed by atoms with Gasteiger partial charge in [0, 0.05) is 60.3 Å². The largest absolute Gasteiger partial charge is 0.399 e. The Labute approximate surface area is 261 Å². The second-order valence-electron chi connectivity index (χ2n) is 10.7. The van der Waals surface area contributed by atoms with Gasteiger partial charge in [-0.05, 0) is 137 Å². The molecule has 0 aromatic heterocycles. The van der Waals surface area contributed by atoms with Crippen LogP contribution in [0.2, 0.25) is 0 Å². The molecule has 4 N–H and O–H groups in total. The Morgan fingerprint density at radius 3 is 1.02 bits per heavy atom. The van der Waals surface area contributed by atoms with E-state index < -0.39 is 0 Å². The first-order valence-corrected chi connectivity index (χ1v) is 15.2. The van der Waals surface area contributed by atoms with Gasteiger partial charge in [-0.15, -0.1) is 0 Å². The molecule has 8 heteroatoms. The summed E-state index contributed by atoms with van der Waals surface area (Å²) in [5.41, 5.74) is 20.6. The average molecular weight is 593 g/mol. The number of hydrogen-bond acceptors (Lipinski definition) is 4. The van der Waals surface area contributed by atoms with Crippen molar-refractivity contribution >= 4 is 46.2 Å². The lowest BCUT2D eigenvalue weighted by Gasteiger charge is -2.30. The van der Waals surface area contributed by atoms with Crippen LogP contribution in [-0.2, 0) is 0 Å². The molecule has 0 heterocycles. The van der Waals surface area contributed by atoms with Gasteiger partial charge in [-0.25, -0.2) is 9.59 Å². The molecule has 0 aliphatic heterocycles. The van der Waals surface area contributed by atoms with Gasteiger partial charge in [0.2, 0.25) is 0 Å². The summed E-state index contributed by atoms with van der Waals surface area (Å²) in [7, 11) is 0. The Morgan fingerprint density at radius 2 is 0.750 bits per heavy atom. The molecule has 0 spiro atoms. The van der Waals surface area contributed by atoms with Gasteiger partial charge in [0.1, 0.15) is 0 Å². The lowest BCUT2D eigenvalue weighted by Crippen LogP contribution is -2.43. The van der Waals surface area contributed by atoms with Crippen LogP contribution in [0, 0.1) is 13.8 Å². The molecule has 4 amide bonds. The van der Waals surface area contributed by atoms with Crippen LogP contribution in [0.3, 0.4) is 0 Å². The molecular weight excluding hydrogens is 548 g/mol. The molecule has 0 aliphatic carbocycles. The minimum Gasteiger partial charge on any atom is -0.399 e. The third kappa shape index (κ3) is 6.64. The first-order chi connectivity index (χ1) is 21.1. The molecule has 8 nitrogen and oxygen atoms in total. The van der Waals surface area contributed by atoms with E-state index in [1.807, 2.05) is 88.4 Å². The smallest absolute Gasteiger partial charge is 0.328 e. The number of nitrogens with two attached hydrogens (primary N) is 2. The van der Waals surface area contributed by atoms with Crippen molar-refractivity contribution in [1.29, 1.82) is 0 Å². The first-order valence-electron chi connectivity index (χ1n) is 15.2. The number of urea groups is 2. The highest BCUT2D eigenvalue weighted by molar-refractivity contribution is 6.05. The molecule has 230 valence electrons. The second-order valence-corrected chi connectivity index (χ2v) is 10.7. The van der Waals surface area contributed by atoms with Crippen LogP contribution in [0.5, 0.6) is 0 Å². The molecule has 0 bridgehead atoms. The standard InChI is InChI=1S/C36H44N6O2/c1-7-39(29-15-11-27(37)12-16-29)35(43)41(9-3)31-19-21-33(25(5)23-31)34-22-20-32(24-26(34)6)42(10-4)36(44)40(8-2)30-17-13-28(38)14-18-30/h11-24H,7-10,37-38H2,1-6H3. The van der Waals surface area contributed by atoms with Crippen molar-refractivity contribution in [3.8, 4) is 11.1 Å². The van der Waals surface area contributed by atoms with Crippen molar-refractivity contribution in [2.24, 2.45) is 0 Å². The van der Waals surface area contributed by atoms with Crippen molar-refractivity contribution in [1.82, 2.24) is 0 Å². The molecule has 0 atom stereocenters. The van der Waals surface area contributed by atoms with Crippen LogP contribution in [0.15, 0.2) is 84.9 Å². The number of nitrogen functional groups attached to an aromatic ring is 2. The van der Waals surface area contributed by atoms with Gasteiger partial charge < -0.3 is 11.5 Å². The molecular formula is C36H44N6O2. The Hall–Kier alpha value is -4.98. The van der Waals surface area contributed by atoms with Gasteiger partial charge >= 0.3 is 12.1 Å². The van der Waals surface area contributed by atoms with Gasteiger partial charge in [0.15, 0.2) is 0 Å². The van der Waals surface area contributed by atoms with E-state index in [1.165, 1.54) is 0 Å². The molecule has 4 aromatic carbocycles. The number of hydrogen-bond donors (Lipinski definition) is 2. The highest BCUT2D eigenvalue weighted by Gasteiger charge is 2.24. The summed E-state index contributed by atoms with van der Waals surface area (Å²) in [5.74, 6) is 0. The van der Waals surface area contributed by atoms with E-state index in [0.29, 0.717) is 37.6 Å². The summed E-state index contributed by atoms with van der Waals surface area (Å²) in [4.78, 5) is 34.4. The fraction of sp³-hybridized carbons (Fsp3) is 0.278. The van der Waals surface area contributed by atoms with E-state index in [2.05, 4.69) is 38.1 Å². The van der Waals surface area contributed by atoms with Crippen molar-refractivity contribution in [3.05, 3.63) is 96.1 Å². The summed E-state index contributed by atoms with van der Waals surface area (Å²) >= 11 is 0. The Morgan fingerprint density at radius 1 is 0.477 bits per heavy atom. The number of anilines is 6. The number of nitrogens with zero attached hydrogens (tertiary/aromatic N) is 4. The summed E-state index contributed by atoms with van der Waals surface area (Å²) in [6.45, 7) is 14.2. The summed E-state index contributed by atoms with van der Waals surface area (Å²) in [6.07, 6.45) is 0. The van der Waals surface area contributed by atoms with Gasteiger partial charge in [-0.2, -0.15) is 0 Å². The maximum atomic E-state index is 13.7. The predicted molar refractivity (Wildman–Crippen MR) is 186 cm³/mol. The van der Waals surface area contributed by atoms with Crippen LogP contribution < -0.4 is 31.1 Å². The monoisotopic (exact) mass is 592 g/mol. The number of aryl methyl sites for hydroxylation is 2. The fourth-order valence-corrected chi connectivity index (χ4v) is 5.55. The third-order valence-corrected chi connectivity index (χ3v) is 7.93. The summed E-state index contributed by atoms with van der Waals surface area (Å²) in [5, 5.41) is 0. The zero-order valence-electron chi connectivity index (χ0n) is 26.7. The minimum absolute atomic E-state index is 0.0862. The van der Waals surface area contributed by atoms with Crippen molar-refractivity contribution in [3.63, 3.8) is 0 Å². The van der Waals surface area contributed by atoms with Gasteiger partial charge in [0.05, 0.1) is 0 Å². The Bertz CT molecular complexity index is 1480. The van der Waals surface area contributed by atoms with Gasteiger partial charge in [0.25, 0.3) is 0 Å². The molecule has 44 heavy (non-hydrogen) atoms. The molecule has 4 rings (SSSR count). The summed E-state index contributed by atoms with van der Waals surface area (Å²) in [6, 6.07) is 26.8. The van der Waals surface area contributed by atoms with E-state index in [1.54, 1.807) is 19.6 Å². The SMILES string of the molecule is CCN(C(=O)N(CC)c1ccc(-c2ccc(N(CC)C(=O)N(CC)c3ccc(N)cc3)cc2C)c(C)c1)c1ccc(N)cc1. The van der Waals surface area contributed by atoms with Crippen LogP contribution in [0.25, 0.3) is 11.1 Å². The average Bonchev–Trinajstić information content (AvgIpc) is 3.01. The zero-order valence-corrected chi connectivity index (χ0v) is 26.7. The van der Waals surface area contributed by atoms with Crippen molar-refractivity contribution in [2.45, 2.75) is 41.5 Å². The number of carbonyl (C=O) groups is 2. The zero-order chi connectivity index (χ0) is 32.0. The number of amides is 4. The summed E-state index contributed by atoms with van der Waals surface area (Å²) < 4.78 is 0. The van der Waals surface area contributed by atoms with Gasteiger partial charge in [-0.3, -0.25) is 19.6 Å². The van der Waals surface area contributed by atoms with Crippen LogP contribution in [0.4, 0.5) is 43.7 Å². The highest BCUT2D eigenvalue weighted by atomic mass is 16.2. The maximum absolute atomic E-state index is 13.7. The van der Waals surface area contributed by atoms with E-state index in [0.717, 1.165) is 45.0 Å². The van der Waals surface area contributed by atoms with E-state index in [9.17, 15) is 9.59 Å². The van der Waals surface area contributed by atoms with Gasteiger partial charge in [-0.1, -0.05) is 12.1 Å². The van der Waals surface area contributed by atoms with E-state index in [-0.39, 0.29) is 12.1 Å². The minimum atomic E-state index is -0.0862.